The lowest BCUT2D eigenvalue weighted by Gasteiger charge is -2.29. The molecule has 264 valence electrons. The van der Waals surface area contributed by atoms with Gasteiger partial charge in [0.1, 0.15) is 40.8 Å². The zero-order valence-electron chi connectivity index (χ0n) is 27.0. The van der Waals surface area contributed by atoms with E-state index in [1.54, 1.807) is 13.8 Å². The van der Waals surface area contributed by atoms with E-state index in [0.29, 0.717) is 47.8 Å². The number of aromatic nitrogens is 2. The number of hydrogen-bond acceptors (Lipinski definition) is 9. The molecule has 1 saturated heterocycles. The van der Waals surface area contributed by atoms with Gasteiger partial charge in [0.2, 0.25) is 27.7 Å². The molecular formula is C32H38BrFN6O8S. The Bertz CT molecular complexity index is 1860. The maximum Gasteiger partial charge on any atom is 0.405 e. The molecule has 6 rings (SSSR count). The van der Waals surface area contributed by atoms with Gasteiger partial charge in [0.15, 0.2) is 0 Å². The van der Waals surface area contributed by atoms with Crippen molar-refractivity contribution in [2.75, 3.05) is 6.54 Å². The molecule has 3 fully saturated rings. The van der Waals surface area contributed by atoms with Crippen molar-refractivity contribution >= 4 is 60.8 Å². The number of carboxylic acid groups (broad SMARTS) is 1. The van der Waals surface area contributed by atoms with E-state index >= 15 is 0 Å². The van der Waals surface area contributed by atoms with Crippen LogP contribution in [0.4, 0.5) is 9.18 Å². The first kappa shape index (κ1) is 35.0. The number of nitrogens with zero attached hydrogens (tertiary/aromatic N) is 3. The topological polar surface area (TPSA) is 197 Å². The molecule has 4 aliphatic rings. The molecular weight excluding hydrogens is 727 g/mol. The minimum Gasteiger partial charge on any atom is -0.471 e. The van der Waals surface area contributed by atoms with Crippen molar-refractivity contribution in [2.45, 2.75) is 100 Å². The largest absolute Gasteiger partial charge is 0.471 e. The number of aryl methyl sites for hydroxylation is 1. The summed E-state index contributed by atoms with van der Waals surface area (Å²) in [5.74, 6) is -3.14. The lowest BCUT2D eigenvalue weighted by atomic mass is 10.1. The van der Waals surface area contributed by atoms with Crippen LogP contribution in [-0.2, 0) is 24.4 Å². The monoisotopic (exact) mass is 764 g/mol. The van der Waals surface area contributed by atoms with Crippen LogP contribution in [0.1, 0.15) is 70.4 Å². The second kappa shape index (κ2) is 13.1. The Morgan fingerprint density at radius 2 is 1.94 bits per heavy atom. The first-order chi connectivity index (χ1) is 23.1. The molecule has 2 aliphatic carbocycles. The van der Waals surface area contributed by atoms with E-state index in [2.05, 4.69) is 41.3 Å². The number of benzene rings is 1. The maximum atomic E-state index is 14.2. The van der Waals surface area contributed by atoms with Crippen LogP contribution in [0.5, 0.6) is 5.88 Å². The van der Waals surface area contributed by atoms with Gasteiger partial charge in [-0.05, 0) is 74.4 Å². The van der Waals surface area contributed by atoms with Crippen LogP contribution in [0.15, 0.2) is 28.8 Å². The fourth-order valence-electron chi connectivity index (χ4n) is 6.52. The van der Waals surface area contributed by atoms with Crippen LogP contribution in [0.3, 0.4) is 0 Å². The first-order valence-electron chi connectivity index (χ1n) is 16.3. The van der Waals surface area contributed by atoms with Crippen LogP contribution in [0.2, 0.25) is 0 Å². The van der Waals surface area contributed by atoms with E-state index in [-0.39, 0.29) is 37.2 Å². The highest BCUT2D eigenvalue weighted by Gasteiger charge is 2.63. The fourth-order valence-corrected chi connectivity index (χ4v) is 8.34. The minimum atomic E-state index is -4.01. The summed E-state index contributed by atoms with van der Waals surface area (Å²) < 4.78 is 47.9. The summed E-state index contributed by atoms with van der Waals surface area (Å²) in [5.41, 5.74) is -0.553. The Hall–Kier alpha value is -3.86. The van der Waals surface area contributed by atoms with Gasteiger partial charge in [-0.2, -0.15) is 0 Å². The molecule has 2 saturated carbocycles. The van der Waals surface area contributed by atoms with Crippen LogP contribution in [-0.4, -0.2) is 87.2 Å². The van der Waals surface area contributed by atoms with E-state index < -0.39 is 74.0 Å². The number of fused-ring (bicyclic) bond motifs is 3. The summed E-state index contributed by atoms with van der Waals surface area (Å²) >= 11 is 3.29. The average Bonchev–Trinajstić information content (AvgIpc) is 3.90. The van der Waals surface area contributed by atoms with Gasteiger partial charge in [0.05, 0.1) is 16.8 Å². The summed E-state index contributed by atoms with van der Waals surface area (Å²) in [4.78, 5) is 63.6. The van der Waals surface area contributed by atoms with Gasteiger partial charge in [-0.3, -0.25) is 19.1 Å². The van der Waals surface area contributed by atoms with E-state index in [1.165, 1.54) is 17.0 Å². The molecule has 1 aromatic heterocycles. The Labute approximate surface area is 290 Å². The van der Waals surface area contributed by atoms with Crippen molar-refractivity contribution in [1.29, 1.82) is 0 Å². The number of ether oxygens (including phenoxy) is 1. The third-order valence-corrected chi connectivity index (χ3v) is 12.6. The highest BCUT2D eigenvalue weighted by atomic mass is 79.9. The van der Waals surface area contributed by atoms with Gasteiger partial charge >= 0.3 is 6.09 Å². The number of sulfonamides is 1. The number of nitrogens with one attached hydrogen (secondary N) is 3. The van der Waals surface area contributed by atoms with Crippen LogP contribution >= 0.6 is 15.9 Å². The molecule has 2 aromatic rings. The molecule has 49 heavy (non-hydrogen) atoms. The molecule has 0 radical (unpaired) electrons. The van der Waals surface area contributed by atoms with E-state index in [9.17, 15) is 37.1 Å². The molecule has 14 nitrogen and oxygen atoms in total. The molecule has 4 amide bonds. The van der Waals surface area contributed by atoms with E-state index in [1.807, 2.05) is 12.2 Å². The number of amides is 4. The highest BCUT2D eigenvalue weighted by Crippen LogP contribution is 2.47. The van der Waals surface area contributed by atoms with E-state index in [0.717, 1.165) is 6.42 Å². The highest BCUT2D eigenvalue weighted by molar-refractivity contribution is 9.10. The standard InChI is InChI=1S/C32H38BrFN6O8S/c1-17-27(36-23-13-19(34)12-21(33)25(23)35-17)48-20-14-24-26(41)38-32(29(43)39-49(46,47)31(2)10-11-31)15-18(32)8-6-4-3-5-7-9-22(37-30(44)45)28(42)40(24)16-20/h6,8,12-13,18,20,22,24,37H,3-5,7,9-11,14-16H2,1-2H3,(H,38,41)(H,39,43)(H,44,45)/t18-,20-,22+,24+,32-/m1/s1. The fraction of sp³-hybridized carbons (Fsp3) is 0.562. The summed E-state index contributed by atoms with van der Waals surface area (Å²) in [7, 11) is -4.01. The van der Waals surface area contributed by atoms with Crippen LogP contribution < -0.4 is 20.1 Å². The molecule has 0 bridgehead atoms. The number of rotatable bonds is 6. The molecule has 0 spiro atoms. The Kier molecular flexibility index (Phi) is 9.36. The van der Waals surface area contributed by atoms with E-state index in [4.69, 9.17) is 4.74 Å². The molecule has 3 heterocycles. The lowest BCUT2D eigenvalue weighted by molar-refractivity contribution is -0.141. The van der Waals surface area contributed by atoms with Crippen molar-refractivity contribution in [3.05, 3.63) is 40.3 Å². The van der Waals surface area contributed by atoms with Crippen molar-refractivity contribution in [2.24, 2.45) is 5.92 Å². The third-order valence-electron chi connectivity index (χ3n) is 9.87. The van der Waals surface area contributed by atoms with Gasteiger partial charge in [0.25, 0.3) is 5.91 Å². The minimum absolute atomic E-state index is 0.0576. The zero-order chi connectivity index (χ0) is 35.3. The van der Waals surface area contributed by atoms with Gasteiger partial charge in [-0.25, -0.2) is 27.6 Å². The number of allylic oxidation sites excluding steroid dienone is 1. The summed E-state index contributed by atoms with van der Waals surface area (Å²) in [6, 6.07) is 0.116. The summed E-state index contributed by atoms with van der Waals surface area (Å²) in [5, 5.41) is 14.6. The Morgan fingerprint density at radius 1 is 1.18 bits per heavy atom. The number of carbonyl (C=O) groups excluding carboxylic acids is 3. The van der Waals surface area contributed by atoms with Gasteiger partial charge < -0.3 is 25.4 Å². The number of halogens is 2. The predicted octanol–water partition coefficient (Wildman–Crippen LogP) is 3.22. The SMILES string of the molecule is Cc1nc2c(Br)cc(F)cc2nc1O[C@@H]1C[C@H]2C(=O)N[C@]3(C(=O)NS(=O)(=O)C4(C)CC4)C[C@H]3C=CCCCCC[C@H](NC(=O)O)C(=O)N2C1. The summed E-state index contributed by atoms with van der Waals surface area (Å²) in [6.45, 7) is 3.08. The smallest absolute Gasteiger partial charge is 0.405 e. The first-order valence-corrected chi connectivity index (χ1v) is 18.6. The van der Waals surface area contributed by atoms with Gasteiger partial charge in [-0.15, -0.1) is 0 Å². The molecule has 0 unspecified atom stereocenters. The van der Waals surface area contributed by atoms with Gasteiger partial charge in [0, 0.05) is 22.9 Å². The number of carbonyl (C=O) groups is 4. The molecule has 4 N–H and O–H groups in total. The van der Waals surface area contributed by atoms with Crippen molar-refractivity contribution in [3.63, 3.8) is 0 Å². The average molecular weight is 766 g/mol. The predicted molar refractivity (Wildman–Crippen MR) is 177 cm³/mol. The molecule has 5 atom stereocenters. The Balaban J connectivity index is 1.31. The Morgan fingerprint density at radius 3 is 2.65 bits per heavy atom. The second-order valence-electron chi connectivity index (χ2n) is 13.6. The maximum absolute atomic E-state index is 14.2. The van der Waals surface area contributed by atoms with Crippen molar-refractivity contribution < 1.29 is 41.8 Å². The van der Waals surface area contributed by atoms with Crippen molar-refractivity contribution in [3.8, 4) is 5.88 Å². The normalized spacial score (nSPS) is 28.4. The van der Waals surface area contributed by atoms with Crippen molar-refractivity contribution in [1.82, 2.24) is 30.2 Å². The van der Waals surface area contributed by atoms with Gasteiger partial charge in [-0.1, -0.05) is 25.0 Å². The zero-order valence-corrected chi connectivity index (χ0v) is 29.4. The molecule has 2 aliphatic heterocycles. The molecule has 17 heteroatoms. The summed E-state index contributed by atoms with van der Waals surface area (Å²) in [6.07, 6.45) is 5.26. The number of hydrogen-bond donors (Lipinski definition) is 4. The quantitative estimate of drug-likeness (QED) is 0.317. The van der Waals surface area contributed by atoms with Crippen LogP contribution in [0, 0.1) is 18.7 Å². The lowest BCUT2D eigenvalue weighted by Crippen LogP contribution is -2.58. The van der Waals surface area contributed by atoms with Crippen LogP contribution in [0.25, 0.3) is 11.0 Å². The third kappa shape index (κ3) is 7.09. The second-order valence-corrected chi connectivity index (χ2v) is 16.6. The molecule has 1 aromatic carbocycles.